The van der Waals surface area contributed by atoms with Crippen LogP contribution in [-0.4, -0.2) is 35.9 Å². The van der Waals surface area contributed by atoms with Crippen LogP contribution in [0.5, 0.6) is 0 Å². The van der Waals surface area contributed by atoms with E-state index in [1.54, 1.807) is 25.1 Å². The minimum absolute atomic E-state index is 0.146. The van der Waals surface area contributed by atoms with Crippen molar-refractivity contribution in [3.63, 3.8) is 0 Å². The minimum Gasteiger partial charge on any atom is -0.421 e. The van der Waals surface area contributed by atoms with Crippen molar-refractivity contribution in [2.75, 3.05) is 19.0 Å². The van der Waals surface area contributed by atoms with Crippen molar-refractivity contribution in [1.29, 1.82) is 0 Å². The third-order valence-electron chi connectivity index (χ3n) is 2.62. The molecule has 1 heterocycles. The zero-order chi connectivity index (χ0) is 14.5. The first-order valence-corrected chi connectivity index (χ1v) is 6.06. The van der Waals surface area contributed by atoms with Gasteiger partial charge in [0.25, 0.3) is 0 Å². The molecule has 0 bridgehead atoms. The minimum atomic E-state index is -0.738. The van der Waals surface area contributed by atoms with E-state index in [-0.39, 0.29) is 12.5 Å². The van der Waals surface area contributed by atoms with Gasteiger partial charge in [-0.2, -0.15) is 0 Å². The molecule has 0 aliphatic heterocycles. The van der Waals surface area contributed by atoms with Crippen LogP contribution in [-0.2, 0) is 9.53 Å². The van der Waals surface area contributed by atoms with E-state index in [1.165, 1.54) is 7.11 Å². The fourth-order valence-corrected chi connectivity index (χ4v) is 1.66. The van der Waals surface area contributed by atoms with E-state index >= 15 is 0 Å². The van der Waals surface area contributed by atoms with Gasteiger partial charge in [0.05, 0.1) is 17.9 Å². The standard InChI is InChI=1S/C13H16N4O3/c1-8-16-17-13(20-8)9-5-3-4-6-11(9)15-12(18)10(14)7-19-2/h3-6,10H,7,14H2,1-2H3,(H,15,18). The third-order valence-corrected chi connectivity index (χ3v) is 2.62. The van der Waals surface area contributed by atoms with E-state index in [9.17, 15) is 4.79 Å². The maximum Gasteiger partial charge on any atom is 0.249 e. The fraction of sp³-hybridized carbons (Fsp3) is 0.308. The zero-order valence-electron chi connectivity index (χ0n) is 11.3. The summed E-state index contributed by atoms with van der Waals surface area (Å²) in [6, 6.07) is 6.40. The van der Waals surface area contributed by atoms with Crippen LogP contribution in [0.25, 0.3) is 11.5 Å². The largest absolute Gasteiger partial charge is 0.421 e. The summed E-state index contributed by atoms with van der Waals surface area (Å²) in [5.41, 5.74) is 6.89. The first-order valence-electron chi connectivity index (χ1n) is 6.06. The van der Waals surface area contributed by atoms with Crippen molar-refractivity contribution in [2.45, 2.75) is 13.0 Å². The van der Waals surface area contributed by atoms with Gasteiger partial charge >= 0.3 is 0 Å². The number of hydrogen-bond acceptors (Lipinski definition) is 6. The number of carbonyl (C=O) groups is 1. The number of nitrogens with two attached hydrogens (primary N) is 1. The van der Waals surface area contributed by atoms with Gasteiger partial charge in [0.1, 0.15) is 6.04 Å². The zero-order valence-corrected chi connectivity index (χ0v) is 11.3. The van der Waals surface area contributed by atoms with Crippen molar-refractivity contribution in [3.8, 4) is 11.5 Å². The molecule has 0 saturated heterocycles. The molecule has 20 heavy (non-hydrogen) atoms. The number of nitrogens with zero attached hydrogens (tertiary/aromatic N) is 2. The van der Waals surface area contributed by atoms with E-state index in [0.29, 0.717) is 23.0 Å². The van der Waals surface area contributed by atoms with Crippen LogP contribution < -0.4 is 11.1 Å². The van der Waals surface area contributed by atoms with Crippen molar-refractivity contribution >= 4 is 11.6 Å². The number of nitrogens with one attached hydrogen (secondary N) is 1. The van der Waals surface area contributed by atoms with Crippen LogP contribution in [0.3, 0.4) is 0 Å². The highest BCUT2D eigenvalue weighted by atomic mass is 16.5. The second-order valence-corrected chi connectivity index (χ2v) is 4.22. The maximum absolute atomic E-state index is 11.9. The lowest BCUT2D eigenvalue weighted by Gasteiger charge is -2.12. The molecule has 1 aromatic heterocycles. The predicted molar refractivity (Wildman–Crippen MR) is 73.0 cm³/mol. The number of methoxy groups -OCH3 is 1. The Morgan fingerprint density at radius 2 is 2.20 bits per heavy atom. The van der Waals surface area contributed by atoms with Gasteiger partial charge in [0.2, 0.25) is 17.7 Å². The summed E-state index contributed by atoms with van der Waals surface area (Å²) in [6.07, 6.45) is 0. The highest BCUT2D eigenvalue weighted by Gasteiger charge is 2.17. The van der Waals surface area contributed by atoms with Gasteiger partial charge < -0.3 is 20.2 Å². The van der Waals surface area contributed by atoms with Gasteiger partial charge in [-0.05, 0) is 12.1 Å². The van der Waals surface area contributed by atoms with Gasteiger partial charge in [-0.15, -0.1) is 10.2 Å². The number of ether oxygens (including phenoxy) is 1. The summed E-state index contributed by atoms with van der Waals surface area (Å²) in [5.74, 6) is 0.464. The third kappa shape index (κ3) is 3.19. The monoisotopic (exact) mass is 276 g/mol. The second-order valence-electron chi connectivity index (χ2n) is 4.22. The summed E-state index contributed by atoms with van der Waals surface area (Å²) in [5, 5.41) is 10.4. The Labute approximate surface area is 116 Å². The van der Waals surface area contributed by atoms with E-state index in [2.05, 4.69) is 15.5 Å². The van der Waals surface area contributed by atoms with Gasteiger partial charge in [-0.25, -0.2) is 0 Å². The van der Waals surface area contributed by atoms with Gasteiger partial charge in [0.15, 0.2) is 0 Å². The Morgan fingerprint density at radius 3 is 2.85 bits per heavy atom. The average molecular weight is 276 g/mol. The first-order chi connectivity index (χ1) is 9.61. The molecular formula is C13H16N4O3. The molecule has 1 atom stereocenters. The Morgan fingerprint density at radius 1 is 1.45 bits per heavy atom. The molecule has 1 aromatic carbocycles. The number of anilines is 1. The fourth-order valence-electron chi connectivity index (χ4n) is 1.66. The van der Waals surface area contributed by atoms with Gasteiger partial charge in [0, 0.05) is 14.0 Å². The SMILES string of the molecule is COCC(N)C(=O)Nc1ccccc1-c1nnc(C)o1. The molecule has 1 amide bonds. The molecule has 7 nitrogen and oxygen atoms in total. The predicted octanol–water partition coefficient (Wildman–Crippen LogP) is 0.957. The summed E-state index contributed by atoms with van der Waals surface area (Å²) in [7, 11) is 1.49. The number of rotatable bonds is 5. The maximum atomic E-state index is 11.9. The van der Waals surface area contributed by atoms with Crippen LogP contribution in [0.15, 0.2) is 28.7 Å². The lowest BCUT2D eigenvalue weighted by atomic mass is 10.1. The van der Waals surface area contributed by atoms with Crippen molar-refractivity contribution in [1.82, 2.24) is 10.2 Å². The summed E-state index contributed by atoms with van der Waals surface area (Å²) < 4.78 is 10.2. The van der Waals surface area contributed by atoms with Crippen molar-refractivity contribution in [3.05, 3.63) is 30.2 Å². The smallest absolute Gasteiger partial charge is 0.249 e. The van der Waals surface area contributed by atoms with E-state index in [4.69, 9.17) is 14.9 Å². The number of benzene rings is 1. The molecule has 2 rings (SSSR count). The van der Waals surface area contributed by atoms with Crippen LogP contribution in [0.2, 0.25) is 0 Å². The molecule has 106 valence electrons. The Balaban J connectivity index is 2.22. The van der Waals surface area contributed by atoms with Crippen LogP contribution in [0.1, 0.15) is 5.89 Å². The van der Waals surface area contributed by atoms with Gasteiger partial charge in [-0.3, -0.25) is 4.79 Å². The molecule has 0 aliphatic rings. The number of amides is 1. The summed E-state index contributed by atoms with van der Waals surface area (Å²) >= 11 is 0. The topological polar surface area (TPSA) is 103 Å². The summed E-state index contributed by atoms with van der Waals surface area (Å²) in [6.45, 7) is 1.85. The Bertz CT molecular complexity index is 597. The van der Waals surface area contributed by atoms with Crippen molar-refractivity contribution < 1.29 is 13.9 Å². The average Bonchev–Trinajstić information content (AvgIpc) is 2.86. The lowest BCUT2D eigenvalue weighted by molar-refractivity contribution is -0.118. The second kappa shape index (κ2) is 6.27. The van der Waals surface area contributed by atoms with E-state index < -0.39 is 6.04 Å². The van der Waals surface area contributed by atoms with Gasteiger partial charge in [-0.1, -0.05) is 12.1 Å². The Hall–Kier alpha value is -2.25. The molecule has 0 saturated carbocycles. The van der Waals surface area contributed by atoms with Crippen LogP contribution in [0.4, 0.5) is 5.69 Å². The molecule has 0 spiro atoms. The van der Waals surface area contributed by atoms with Crippen LogP contribution >= 0.6 is 0 Å². The molecule has 7 heteroatoms. The molecule has 3 N–H and O–H groups in total. The number of aryl methyl sites for hydroxylation is 1. The molecule has 0 fully saturated rings. The Kier molecular flexibility index (Phi) is 4.44. The molecule has 2 aromatic rings. The molecule has 0 radical (unpaired) electrons. The highest BCUT2D eigenvalue weighted by Crippen LogP contribution is 2.26. The summed E-state index contributed by atoms with van der Waals surface area (Å²) in [4.78, 5) is 11.9. The quantitative estimate of drug-likeness (QED) is 0.843. The van der Waals surface area contributed by atoms with E-state index in [0.717, 1.165) is 0 Å². The first kappa shape index (κ1) is 14.2. The molecular weight excluding hydrogens is 260 g/mol. The highest BCUT2D eigenvalue weighted by molar-refractivity contribution is 5.97. The number of aromatic nitrogens is 2. The number of hydrogen-bond donors (Lipinski definition) is 2. The van der Waals surface area contributed by atoms with Crippen molar-refractivity contribution in [2.24, 2.45) is 5.73 Å². The lowest BCUT2D eigenvalue weighted by Crippen LogP contribution is -2.39. The van der Waals surface area contributed by atoms with E-state index in [1.807, 2.05) is 6.07 Å². The molecule has 1 unspecified atom stereocenters. The molecule has 0 aliphatic carbocycles. The van der Waals surface area contributed by atoms with Crippen LogP contribution in [0, 0.1) is 6.92 Å². The normalized spacial score (nSPS) is 12.2. The number of carbonyl (C=O) groups excluding carboxylic acids is 1. The number of para-hydroxylation sites is 1.